The maximum atomic E-state index is 6.38. The molecule has 7 heteroatoms. The van der Waals surface area contributed by atoms with Crippen molar-refractivity contribution in [1.29, 1.82) is 0 Å². The molecule has 0 saturated carbocycles. The van der Waals surface area contributed by atoms with E-state index in [1.165, 1.54) is 0 Å². The fraction of sp³-hybridized carbons (Fsp3) is 0.909. The number of hydrogen-bond donors (Lipinski definition) is 0. The lowest BCUT2D eigenvalue weighted by Gasteiger charge is -2.45. The minimum atomic E-state index is -2.59. The van der Waals surface area contributed by atoms with Crippen LogP contribution in [-0.4, -0.2) is 35.9 Å². The summed E-state index contributed by atoms with van der Waals surface area (Å²) in [6.07, 6.45) is 0.794. The lowest BCUT2D eigenvalue weighted by Crippen LogP contribution is -2.59. The zero-order valence-electron chi connectivity index (χ0n) is 13.4. The Morgan fingerprint density at radius 3 is 1.28 bits per heavy atom. The van der Waals surface area contributed by atoms with E-state index in [9.17, 15) is 0 Å². The third-order valence-electron chi connectivity index (χ3n) is 2.63. The van der Waals surface area contributed by atoms with Crippen molar-refractivity contribution in [2.75, 3.05) is 0 Å². The van der Waals surface area contributed by atoms with Crippen molar-refractivity contribution in [2.45, 2.75) is 64.6 Å². The topological polar surface area (TPSA) is 27.7 Å². The van der Waals surface area contributed by atoms with E-state index in [-0.39, 0.29) is 5.04 Å². The first-order valence-electron chi connectivity index (χ1n) is 6.89. The lowest BCUT2D eigenvalue weighted by molar-refractivity contribution is 0.224. The summed E-state index contributed by atoms with van der Waals surface area (Å²) >= 11 is 0. The van der Waals surface area contributed by atoms with E-state index in [1.807, 2.05) is 0 Å². The lowest BCUT2D eigenvalue weighted by atomic mass is 10.1. The van der Waals surface area contributed by atoms with Crippen LogP contribution in [-0.2, 0) is 12.3 Å². The van der Waals surface area contributed by atoms with Gasteiger partial charge in [0.1, 0.15) is 0 Å². The van der Waals surface area contributed by atoms with Crippen LogP contribution in [0.25, 0.3) is 0 Å². The summed E-state index contributed by atoms with van der Waals surface area (Å²) in [5.74, 6) is 0. The standard InChI is InChI=1S/C11H31O3Si4/c1-10-11(2,3)18(12-15(4)5,13-16(6)7)14-17(8)9/h15-17H,1,10H2,2-9H3. The molecule has 0 aromatic heterocycles. The van der Waals surface area contributed by atoms with Crippen molar-refractivity contribution < 1.29 is 12.3 Å². The molecule has 0 atom stereocenters. The molecule has 0 fully saturated rings. The monoisotopic (exact) mass is 323 g/mol. The first kappa shape index (κ1) is 18.7. The maximum Gasteiger partial charge on any atom is 0.474 e. The summed E-state index contributed by atoms with van der Waals surface area (Å²) in [6.45, 7) is 21.6. The van der Waals surface area contributed by atoms with Gasteiger partial charge in [-0.2, -0.15) is 0 Å². The Hall–Kier alpha value is 0.748. The molecule has 0 aliphatic rings. The second-order valence-corrected chi connectivity index (χ2v) is 17.8. The Morgan fingerprint density at radius 2 is 1.11 bits per heavy atom. The van der Waals surface area contributed by atoms with Crippen LogP contribution >= 0.6 is 0 Å². The highest BCUT2D eigenvalue weighted by atomic mass is 28.5. The second-order valence-electron chi connectivity index (χ2n) is 6.19. The molecule has 0 unspecified atom stereocenters. The molecule has 1 radical (unpaired) electrons. The minimum Gasteiger partial charge on any atom is -0.419 e. The van der Waals surface area contributed by atoms with Crippen LogP contribution in [0.4, 0.5) is 0 Å². The van der Waals surface area contributed by atoms with E-state index in [0.29, 0.717) is 0 Å². The van der Waals surface area contributed by atoms with Crippen molar-refractivity contribution in [2.24, 2.45) is 0 Å². The molecule has 0 rings (SSSR count). The molecular weight excluding hydrogens is 292 g/mol. The van der Waals surface area contributed by atoms with Gasteiger partial charge in [-0.15, -0.1) is 0 Å². The summed E-state index contributed by atoms with van der Waals surface area (Å²) in [5, 5.41) is -0.0845. The van der Waals surface area contributed by atoms with E-state index < -0.39 is 35.9 Å². The molecule has 3 nitrogen and oxygen atoms in total. The molecular formula is C11H31O3Si4. The largest absolute Gasteiger partial charge is 0.474 e. The molecule has 0 aliphatic carbocycles. The Labute approximate surface area is 120 Å². The molecule has 18 heavy (non-hydrogen) atoms. The highest BCUT2D eigenvalue weighted by molar-refractivity contribution is 6.81. The van der Waals surface area contributed by atoms with Gasteiger partial charge in [0, 0.05) is 5.04 Å². The van der Waals surface area contributed by atoms with Gasteiger partial charge in [-0.05, 0) is 45.7 Å². The molecule has 0 aliphatic heterocycles. The van der Waals surface area contributed by atoms with Crippen molar-refractivity contribution in [3.8, 4) is 0 Å². The predicted octanol–water partition coefficient (Wildman–Crippen LogP) is 2.93. The fourth-order valence-corrected chi connectivity index (χ4v) is 15.4. The van der Waals surface area contributed by atoms with Crippen LogP contribution in [0, 0.1) is 6.92 Å². The van der Waals surface area contributed by atoms with Crippen LogP contribution in [0.1, 0.15) is 20.3 Å². The SMILES string of the molecule is [CH2]CC(C)(C)[Si](O[SiH](C)C)(O[SiH](C)C)O[SiH](C)C. The van der Waals surface area contributed by atoms with Crippen LogP contribution in [0.5, 0.6) is 0 Å². The summed E-state index contributed by atoms with van der Waals surface area (Å²) < 4.78 is 19.1. The van der Waals surface area contributed by atoms with Gasteiger partial charge in [-0.25, -0.2) is 0 Å². The van der Waals surface area contributed by atoms with Gasteiger partial charge in [0.05, 0.1) is 0 Å². The van der Waals surface area contributed by atoms with Crippen LogP contribution in [0.3, 0.4) is 0 Å². The number of hydrogen-bond acceptors (Lipinski definition) is 3. The van der Waals surface area contributed by atoms with E-state index in [0.717, 1.165) is 6.42 Å². The average Bonchev–Trinajstić information content (AvgIpc) is 2.13. The van der Waals surface area contributed by atoms with Gasteiger partial charge < -0.3 is 12.3 Å². The van der Waals surface area contributed by atoms with Gasteiger partial charge in [0.25, 0.3) is 0 Å². The van der Waals surface area contributed by atoms with Gasteiger partial charge in [-0.1, -0.05) is 20.8 Å². The summed E-state index contributed by atoms with van der Waals surface area (Å²) in [6, 6.07) is 0. The Kier molecular flexibility index (Phi) is 7.82. The first-order chi connectivity index (χ1) is 8.06. The van der Waals surface area contributed by atoms with E-state index in [4.69, 9.17) is 12.3 Å². The third-order valence-corrected chi connectivity index (χ3v) is 13.9. The average molecular weight is 324 g/mol. The molecule has 0 bridgehead atoms. The zero-order chi connectivity index (χ0) is 14.6. The second kappa shape index (κ2) is 7.51. The van der Waals surface area contributed by atoms with E-state index in [1.54, 1.807) is 0 Å². The predicted molar refractivity (Wildman–Crippen MR) is 89.7 cm³/mol. The van der Waals surface area contributed by atoms with Gasteiger partial charge in [-0.3, -0.25) is 0 Å². The van der Waals surface area contributed by atoms with Crippen molar-refractivity contribution in [1.82, 2.24) is 0 Å². The van der Waals surface area contributed by atoms with Crippen molar-refractivity contribution >= 4 is 35.9 Å². The Bertz CT molecular complexity index is 218. The Morgan fingerprint density at radius 1 is 0.833 bits per heavy atom. The highest BCUT2D eigenvalue weighted by Gasteiger charge is 2.55. The molecule has 109 valence electrons. The molecule has 0 saturated heterocycles. The fourth-order valence-electron chi connectivity index (χ4n) is 1.65. The Balaban J connectivity index is 5.38. The van der Waals surface area contributed by atoms with Gasteiger partial charge >= 0.3 is 8.80 Å². The van der Waals surface area contributed by atoms with Gasteiger partial charge in [0.2, 0.25) is 0 Å². The van der Waals surface area contributed by atoms with E-state index >= 15 is 0 Å². The molecule has 0 heterocycles. The summed E-state index contributed by atoms with van der Waals surface area (Å²) in [4.78, 5) is 0. The minimum absolute atomic E-state index is 0.0845. The molecule has 0 amide bonds. The summed E-state index contributed by atoms with van der Waals surface area (Å²) in [7, 11) is -6.19. The van der Waals surface area contributed by atoms with Crippen LogP contribution in [0.2, 0.25) is 44.3 Å². The van der Waals surface area contributed by atoms with Crippen molar-refractivity contribution in [3.05, 3.63) is 6.92 Å². The summed E-state index contributed by atoms with van der Waals surface area (Å²) in [5.41, 5.74) is 0. The normalized spacial score (nSPS) is 14.0. The molecule has 0 aromatic rings. The zero-order valence-corrected chi connectivity index (χ0v) is 17.8. The van der Waals surface area contributed by atoms with Crippen molar-refractivity contribution in [3.63, 3.8) is 0 Å². The molecule has 0 aromatic carbocycles. The van der Waals surface area contributed by atoms with E-state index in [2.05, 4.69) is 60.1 Å². The number of rotatable bonds is 8. The highest BCUT2D eigenvalue weighted by Crippen LogP contribution is 2.43. The van der Waals surface area contributed by atoms with Crippen LogP contribution < -0.4 is 0 Å². The quantitative estimate of drug-likeness (QED) is 0.643. The molecule has 0 spiro atoms. The smallest absolute Gasteiger partial charge is 0.419 e. The van der Waals surface area contributed by atoms with Gasteiger partial charge in [0.15, 0.2) is 27.1 Å². The first-order valence-corrected chi connectivity index (χ1v) is 17.0. The maximum absolute atomic E-state index is 6.38. The third kappa shape index (κ3) is 5.39. The van der Waals surface area contributed by atoms with Crippen LogP contribution in [0.15, 0.2) is 0 Å². The molecule has 0 N–H and O–H groups in total.